The zero-order valence-corrected chi connectivity index (χ0v) is 12.3. The Hall–Kier alpha value is -1.88. The Labute approximate surface area is 123 Å². The van der Waals surface area contributed by atoms with Crippen LogP contribution in [0.1, 0.15) is 13.8 Å². The van der Waals surface area contributed by atoms with Crippen LogP contribution in [-0.2, 0) is 4.79 Å². The summed E-state index contributed by atoms with van der Waals surface area (Å²) in [6.07, 6.45) is 0. The lowest BCUT2D eigenvalue weighted by atomic mass is 10.2. The monoisotopic (exact) mass is 292 g/mol. The Morgan fingerprint density at radius 3 is 2.75 bits per heavy atom. The van der Waals surface area contributed by atoms with Crippen molar-refractivity contribution in [2.24, 2.45) is 0 Å². The summed E-state index contributed by atoms with van der Waals surface area (Å²) in [5.74, 6) is 0.655. The first-order valence-electron chi connectivity index (χ1n) is 6.59. The molecule has 106 valence electrons. The Kier molecular flexibility index (Phi) is 4.74. The van der Waals surface area contributed by atoms with Gasteiger partial charge in [0.1, 0.15) is 5.82 Å². The molecular weight excluding hydrogens is 276 g/mol. The fourth-order valence-electron chi connectivity index (χ4n) is 2.04. The van der Waals surface area contributed by atoms with Crippen molar-refractivity contribution < 1.29 is 4.79 Å². The molecule has 20 heavy (non-hydrogen) atoms. The minimum Gasteiger partial charge on any atom is -0.355 e. The van der Waals surface area contributed by atoms with Gasteiger partial charge in [0, 0.05) is 18.5 Å². The number of carbonyl (C=O) groups is 1. The van der Waals surface area contributed by atoms with E-state index in [9.17, 15) is 4.79 Å². The van der Waals surface area contributed by atoms with Gasteiger partial charge in [0.15, 0.2) is 0 Å². The maximum absolute atomic E-state index is 11.8. The van der Waals surface area contributed by atoms with E-state index in [1.54, 1.807) is 0 Å². The van der Waals surface area contributed by atoms with Crippen molar-refractivity contribution in [2.75, 3.05) is 24.5 Å². The smallest absolute Gasteiger partial charge is 0.239 e. The molecule has 1 N–H and O–H groups in total. The molecule has 2 rings (SSSR count). The second-order valence-corrected chi connectivity index (χ2v) is 4.64. The molecule has 6 heteroatoms. The largest absolute Gasteiger partial charge is 0.355 e. The number of benzene rings is 1. The molecule has 0 aliphatic carbocycles. The van der Waals surface area contributed by atoms with Gasteiger partial charge in [-0.15, -0.1) is 0 Å². The third-order valence-electron chi connectivity index (χ3n) is 2.95. The minimum absolute atomic E-state index is 0.0341. The number of nitrogens with zero attached hydrogens (tertiary/aromatic N) is 3. The van der Waals surface area contributed by atoms with Crippen molar-refractivity contribution in [2.45, 2.75) is 13.8 Å². The van der Waals surface area contributed by atoms with Gasteiger partial charge >= 0.3 is 0 Å². The molecule has 0 aliphatic rings. The fourth-order valence-corrected chi connectivity index (χ4v) is 2.21. The highest BCUT2D eigenvalue weighted by molar-refractivity contribution is 6.28. The first-order valence-corrected chi connectivity index (χ1v) is 6.97. The predicted octanol–water partition coefficient (Wildman–Crippen LogP) is 2.25. The molecule has 5 nitrogen and oxygen atoms in total. The van der Waals surface area contributed by atoms with Crippen molar-refractivity contribution in [1.29, 1.82) is 0 Å². The summed E-state index contributed by atoms with van der Waals surface area (Å²) >= 11 is 5.97. The molecule has 0 radical (unpaired) electrons. The maximum atomic E-state index is 11.8. The number of likely N-dealkylation sites (N-methyl/N-ethyl adjacent to an activating group) is 2. The summed E-state index contributed by atoms with van der Waals surface area (Å²) in [6, 6.07) is 7.63. The zero-order valence-electron chi connectivity index (χ0n) is 11.6. The number of hydrogen-bond acceptors (Lipinski definition) is 4. The van der Waals surface area contributed by atoms with Crippen LogP contribution in [-0.4, -0.2) is 35.5 Å². The van der Waals surface area contributed by atoms with Gasteiger partial charge < -0.3 is 10.2 Å². The van der Waals surface area contributed by atoms with E-state index in [2.05, 4.69) is 15.3 Å². The molecule has 1 amide bonds. The standard InChI is InChI=1S/C14H17ClN4O/c1-3-16-12(20)9-19(4-2)13-10-7-5-6-8-11(10)17-14(15)18-13/h5-8H,3-4,9H2,1-2H3,(H,16,20). The van der Waals surface area contributed by atoms with Crippen LogP contribution < -0.4 is 10.2 Å². The van der Waals surface area contributed by atoms with Crippen LogP contribution in [0.2, 0.25) is 5.28 Å². The van der Waals surface area contributed by atoms with Crippen molar-refractivity contribution in [3.8, 4) is 0 Å². The van der Waals surface area contributed by atoms with E-state index in [-0.39, 0.29) is 17.7 Å². The lowest BCUT2D eigenvalue weighted by molar-refractivity contribution is -0.119. The quantitative estimate of drug-likeness (QED) is 0.859. The Morgan fingerprint density at radius 1 is 1.30 bits per heavy atom. The number of rotatable bonds is 5. The van der Waals surface area contributed by atoms with Gasteiger partial charge in [-0.25, -0.2) is 4.98 Å². The SMILES string of the molecule is CCNC(=O)CN(CC)c1nc(Cl)nc2ccccc12. The van der Waals surface area contributed by atoms with E-state index >= 15 is 0 Å². The van der Waals surface area contributed by atoms with Crippen molar-refractivity contribution in [1.82, 2.24) is 15.3 Å². The van der Waals surface area contributed by atoms with Gasteiger partial charge in [0.25, 0.3) is 0 Å². The first-order chi connectivity index (χ1) is 9.65. The molecule has 0 unspecified atom stereocenters. The number of fused-ring (bicyclic) bond motifs is 1. The molecule has 0 spiro atoms. The van der Waals surface area contributed by atoms with Crippen LogP contribution in [0.4, 0.5) is 5.82 Å². The molecular formula is C14H17ClN4O. The summed E-state index contributed by atoms with van der Waals surface area (Å²) in [6.45, 7) is 5.40. The number of halogens is 1. The van der Waals surface area contributed by atoms with Crippen LogP contribution in [0.5, 0.6) is 0 Å². The van der Waals surface area contributed by atoms with E-state index in [1.165, 1.54) is 0 Å². The number of anilines is 1. The number of hydrogen-bond donors (Lipinski definition) is 1. The predicted molar refractivity (Wildman–Crippen MR) is 81.1 cm³/mol. The average molecular weight is 293 g/mol. The van der Waals surface area contributed by atoms with Crippen LogP contribution in [0.15, 0.2) is 24.3 Å². The minimum atomic E-state index is -0.0341. The highest BCUT2D eigenvalue weighted by atomic mass is 35.5. The van der Waals surface area contributed by atoms with Crippen LogP contribution in [0.3, 0.4) is 0 Å². The summed E-state index contributed by atoms with van der Waals surface area (Å²) in [7, 11) is 0. The van der Waals surface area contributed by atoms with Crippen LogP contribution in [0.25, 0.3) is 10.9 Å². The third kappa shape index (κ3) is 3.17. The van der Waals surface area contributed by atoms with Crippen molar-refractivity contribution >= 4 is 34.2 Å². The van der Waals surface area contributed by atoms with E-state index in [1.807, 2.05) is 43.0 Å². The normalized spacial score (nSPS) is 10.6. The summed E-state index contributed by atoms with van der Waals surface area (Å²) in [5, 5.41) is 3.87. The highest BCUT2D eigenvalue weighted by Crippen LogP contribution is 2.24. The summed E-state index contributed by atoms with van der Waals surface area (Å²) in [5.41, 5.74) is 0.775. The van der Waals surface area contributed by atoms with Gasteiger partial charge in [-0.05, 0) is 37.6 Å². The van der Waals surface area contributed by atoms with Gasteiger partial charge in [-0.2, -0.15) is 4.98 Å². The Morgan fingerprint density at radius 2 is 2.05 bits per heavy atom. The molecule has 1 aromatic heterocycles. The Bertz CT molecular complexity index is 617. The molecule has 0 saturated carbocycles. The van der Waals surface area contributed by atoms with E-state index in [0.29, 0.717) is 18.9 Å². The lowest BCUT2D eigenvalue weighted by Gasteiger charge is -2.22. The number of carbonyl (C=O) groups excluding carboxylic acids is 1. The second kappa shape index (κ2) is 6.52. The molecule has 0 saturated heterocycles. The van der Waals surface area contributed by atoms with Gasteiger partial charge in [0.05, 0.1) is 12.1 Å². The summed E-state index contributed by atoms with van der Waals surface area (Å²) in [4.78, 5) is 22.1. The Balaban J connectivity index is 2.40. The molecule has 0 atom stereocenters. The second-order valence-electron chi connectivity index (χ2n) is 4.30. The zero-order chi connectivity index (χ0) is 14.5. The molecule has 2 aromatic rings. The molecule has 1 aromatic carbocycles. The van der Waals surface area contributed by atoms with E-state index in [0.717, 1.165) is 10.9 Å². The average Bonchev–Trinajstić information content (AvgIpc) is 2.44. The number of nitrogens with one attached hydrogen (secondary N) is 1. The maximum Gasteiger partial charge on any atom is 0.239 e. The fraction of sp³-hybridized carbons (Fsp3) is 0.357. The molecule has 0 aliphatic heterocycles. The van der Waals surface area contributed by atoms with Gasteiger partial charge in [-0.3, -0.25) is 4.79 Å². The third-order valence-corrected chi connectivity index (χ3v) is 3.11. The van der Waals surface area contributed by atoms with E-state index in [4.69, 9.17) is 11.6 Å². The molecule has 0 bridgehead atoms. The van der Waals surface area contributed by atoms with Crippen LogP contribution in [0, 0.1) is 0 Å². The van der Waals surface area contributed by atoms with Gasteiger partial charge in [0.2, 0.25) is 11.2 Å². The number of amides is 1. The van der Waals surface area contributed by atoms with Gasteiger partial charge in [-0.1, -0.05) is 12.1 Å². The molecule has 0 fully saturated rings. The van der Waals surface area contributed by atoms with Crippen molar-refractivity contribution in [3.63, 3.8) is 0 Å². The molecule has 1 heterocycles. The number of para-hydroxylation sites is 1. The lowest BCUT2D eigenvalue weighted by Crippen LogP contribution is -2.37. The highest BCUT2D eigenvalue weighted by Gasteiger charge is 2.15. The van der Waals surface area contributed by atoms with Crippen molar-refractivity contribution in [3.05, 3.63) is 29.5 Å². The van der Waals surface area contributed by atoms with Crippen LogP contribution >= 0.6 is 11.6 Å². The topological polar surface area (TPSA) is 58.1 Å². The first kappa shape index (κ1) is 14.5. The summed E-state index contributed by atoms with van der Waals surface area (Å²) < 4.78 is 0. The number of aromatic nitrogens is 2. The van der Waals surface area contributed by atoms with E-state index < -0.39 is 0 Å².